The quantitative estimate of drug-likeness (QED) is 0.770. The van der Waals surface area contributed by atoms with E-state index in [2.05, 4.69) is 11.8 Å². The minimum Gasteiger partial charge on any atom is -0.336 e. The van der Waals surface area contributed by atoms with Crippen LogP contribution in [0, 0.1) is 0 Å². The van der Waals surface area contributed by atoms with Gasteiger partial charge in [-0.05, 0) is 25.1 Å². The van der Waals surface area contributed by atoms with Crippen LogP contribution in [0.1, 0.15) is 42.1 Å². The monoisotopic (exact) mass is 328 g/mol. The Bertz CT molecular complexity index is 523. The van der Waals surface area contributed by atoms with E-state index in [1.54, 1.807) is 0 Å². The zero-order valence-electron chi connectivity index (χ0n) is 13.4. The first-order chi connectivity index (χ1) is 10.9. The molecular weight excluding hydrogens is 305 g/mol. The molecule has 1 amide bonds. The average molecular weight is 328 g/mol. The number of halogens is 3. The van der Waals surface area contributed by atoms with Gasteiger partial charge in [-0.2, -0.15) is 13.2 Å². The summed E-state index contributed by atoms with van der Waals surface area (Å²) in [5.74, 6) is -0.522. The number of carbonyl (C=O) groups excluding carboxylic acids is 1. The largest absolute Gasteiger partial charge is 0.417 e. The summed E-state index contributed by atoms with van der Waals surface area (Å²) in [6.07, 6.45) is -1.04. The lowest BCUT2D eigenvalue weighted by atomic mass is 10.1. The highest BCUT2D eigenvalue weighted by Gasteiger charge is 2.36. The first kappa shape index (κ1) is 17.8. The Morgan fingerprint density at radius 1 is 1.09 bits per heavy atom. The highest BCUT2D eigenvalue weighted by Crippen LogP contribution is 2.32. The summed E-state index contributed by atoms with van der Waals surface area (Å²) in [6, 6.07) is 5.02. The molecule has 1 heterocycles. The molecule has 0 aliphatic carbocycles. The number of piperazine rings is 1. The molecule has 0 atom stereocenters. The number of amides is 1. The molecule has 0 bridgehead atoms. The molecule has 1 aliphatic rings. The average Bonchev–Trinajstić information content (AvgIpc) is 2.54. The number of benzene rings is 1. The van der Waals surface area contributed by atoms with Gasteiger partial charge in [-0.1, -0.05) is 31.9 Å². The second-order valence-corrected chi connectivity index (χ2v) is 5.88. The maximum absolute atomic E-state index is 13.0. The number of unbranched alkanes of at least 4 members (excludes halogenated alkanes) is 2. The van der Waals surface area contributed by atoms with Crippen LogP contribution in [0.4, 0.5) is 13.2 Å². The van der Waals surface area contributed by atoms with Gasteiger partial charge >= 0.3 is 6.18 Å². The Labute approximate surface area is 135 Å². The van der Waals surface area contributed by atoms with Crippen LogP contribution in [-0.4, -0.2) is 48.4 Å². The zero-order chi connectivity index (χ0) is 16.9. The molecule has 0 aromatic heterocycles. The summed E-state index contributed by atoms with van der Waals surface area (Å²) in [6.45, 7) is 5.56. The maximum Gasteiger partial charge on any atom is 0.417 e. The zero-order valence-corrected chi connectivity index (χ0v) is 13.4. The van der Waals surface area contributed by atoms with Crippen molar-refractivity contribution in [3.05, 3.63) is 35.4 Å². The number of rotatable bonds is 5. The third-order valence-corrected chi connectivity index (χ3v) is 4.20. The second-order valence-electron chi connectivity index (χ2n) is 5.88. The molecule has 0 unspecified atom stereocenters. The predicted molar refractivity (Wildman–Crippen MR) is 83.3 cm³/mol. The van der Waals surface area contributed by atoms with Crippen molar-refractivity contribution in [3.63, 3.8) is 0 Å². The van der Waals surface area contributed by atoms with Crippen molar-refractivity contribution < 1.29 is 18.0 Å². The van der Waals surface area contributed by atoms with Gasteiger partial charge in [-0.3, -0.25) is 9.69 Å². The van der Waals surface area contributed by atoms with Gasteiger partial charge in [0.15, 0.2) is 0 Å². The Balaban J connectivity index is 1.98. The minimum atomic E-state index is -4.51. The third kappa shape index (κ3) is 4.70. The van der Waals surface area contributed by atoms with Gasteiger partial charge in [0.2, 0.25) is 0 Å². The van der Waals surface area contributed by atoms with Crippen molar-refractivity contribution in [2.45, 2.75) is 32.4 Å². The van der Waals surface area contributed by atoms with Gasteiger partial charge < -0.3 is 4.90 Å². The summed E-state index contributed by atoms with van der Waals surface area (Å²) < 4.78 is 39.1. The highest BCUT2D eigenvalue weighted by atomic mass is 19.4. The number of hydrogen-bond donors (Lipinski definition) is 0. The van der Waals surface area contributed by atoms with Gasteiger partial charge in [-0.15, -0.1) is 0 Å². The van der Waals surface area contributed by atoms with Crippen LogP contribution in [0.2, 0.25) is 0 Å². The molecular formula is C17H23F3N2O. The molecule has 3 nitrogen and oxygen atoms in total. The molecule has 0 radical (unpaired) electrons. The van der Waals surface area contributed by atoms with Crippen molar-refractivity contribution in [1.82, 2.24) is 9.80 Å². The van der Waals surface area contributed by atoms with Crippen molar-refractivity contribution >= 4 is 5.91 Å². The standard InChI is InChI=1S/C17H23F3N2O/c1-2-3-6-9-21-10-12-22(13-11-21)16(23)14-7-4-5-8-15(14)17(18,19)20/h4-5,7-8H,2-3,6,9-13H2,1H3. The molecule has 0 spiro atoms. The second kappa shape index (κ2) is 7.81. The first-order valence-corrected chi connectivity index (χ1v) is 8.11. The molecule has 23 heavy (non-hydrogen) atoms. The Morgan fingerprint density at radius 2 is 1.74 bits per heavy atom. The van der Waals surface area contributed by atoms with Crippen molar-refractivity contribution in [3.8, 4) is 0 Å². The van der Waals surface area contributed by atoms with E-state index in [0.717, 1.165) is 38.5 Å². The predicted octanol–water partition coefficient (Wildman–Crippen LogP) is 3.65. The van der Waals surface area contributed by atoms with Crippen molar-refractivity contribution in [2.75, 3.05) is 32.7 Å². The summed E-state index contributed by atoms with van der Waals surface area (Å²) in [5.41, 5.74) is -1.10. The fraction of sp³-hybridized carbons (Fsp3) is 0.588. The molecule has 128 valence electrons. The summed E-state index contributed by atoms with van der Waals surface area (Å²) >= 11 is 0. The lowest BCUT2D eigenvalue weighted by Gasteiger charge is -2.35. The smallest absolute Gasteiger partial charge is 0.336 e. The van der Waals surface area contributed by atoms with Gasteiger partial charge in [0.05, 0.1) is 11.1 Å². The molecule has 2 rings (SSSR count). The SMILES string of the molecule is CCCCCN1CCN(C(=O)c2ccccc2C(F)(F)F)CC1. The van der Waals surface area contributed by atoms with Crippen molar-refractivity contribution in [2.24, 2.45) is 0 Å². The molecule has 1 aromatic carbocycles. The van der Waals surface area contributed by atoms with Crippen LogP contribution in [0.15, 0.2) is 24.3 Å². The Hall–Kier alpha value is -1.56. The molecule has 6 heteroatoms. The number of carbonyl (C=O) groups is 1. The molecule has 0 saturated carbocycles. The van der Waals surface area contributed by atoms with Crippen LogP contribution in [0.25, 0.3) is 0 Å². The van der Waals surface area contributed by atoms with Gasteiger partial charge in [0.1, 0.15) is 0 Å². The number of alkyl halides is 3. The van der Waals surface area contributed by atoms with Crippen LogP contribution < -0.4 is 0 Å². The fourth-order valence-electron chi connectivity index (χ4n) is 2.85. The van der Waals surface area contributed by atoms with Crippen molar-refractivity contribution in [1.29, 1.82) is 0 Å². The molecule has 1 aliphatic heterocycles. The lowest BCUT2D eigenvalue weighted by molar-refractivity contribution is -0.138. The molecule has 0 N–H and O–H groups in total. The van der Waals surface area contributed by atoms with E-state index in [9.17, 15) is 18.0 Å². The first-order valence-electron chi connectivity index (χ1n) is 8.11. The number of nitrogens with zero attached hydrogens (tertiary/aromatic N) is 2. The van der Waals surface area contributed by atoms with Gasteiger partial charge in [-0.25, -0.2) is 0 Å². The van der Waals surface area contributed by atoms with Crippen LogP contribution in [0.5, 0.6) is 0 Å². The third-order valence-electron chi connectivity index (χ3n) is 4.20. The van der Waals surface area contributed by atoms with Crippen LogP contribution >= 0.6 is 0 Å². The lowest BCUT2D eigenvalue weighted by Crippen LogP contribution is -2.49. The van der Waals surface area contributed by atoms with E-state index in [4.69, 9.17) is 0 Å². The summed E-state index contributed by atoms with van der Waals surface area (Å²) in [4.78, 5) is 16.2. The van der Waals surface area contributed by atoms with E-state index < -0.39 is 17.6 Å². The van der Waals surface area contributed by atoms with E-state index in [0.29, 0.717) is 13.1 Å². The Morgan fingerprint density at radius 3 is 2.35 bits per heavy atom. The topological polar surface area (TPSA) is 23.6 Å². The number of hydrogen-bond acceptors (Lipinski definition) is 2. The highest BCUT2D eigenvalue weighted by molar-refractivity contribution is 5.96. The minimum absolute atomic E-state index is 0.251. The van der Waals surface area contributed by atoms with Crippen LogP contribution in [-0.2, 0) is 6.18 Å². The normalized spacial score (nSPS) is 16.6. The van der Waals surface area contributed by atoms with E-state index in [-0.39, 0.29) is 5.56 Å². The molecule has 1 aromatic rings. The van der Waals surface area contributed by atoms with E-state index in [1.807, 2.05) is 0 Å². The fourth-order valence-corrected chi connectivity index (χ4v) is 2.85. The summed E-state index contributed by atoms with van der Waals surface area (Å²) in [7, 11) is 0. The van der Waals surface area contributed by atoms with Crippen LogP contribution in [0.3, 0.4) is 0 Å². The Kier molecular flexibility index (Phi) is 6.04. The maximum atomic E-state index is 13.0. The summed E-state index contributed by atoms with van der Waals surface area (Å²) in [5, 5.41) is 0. The van der Waals surface area contributed by atoms with Gasteiger partial charge in [0.25, 0.3) is 5.91 Å². The molecule has 1 fully saturated rings. The van der Waals surface area contributed by atoms with E-state index in [1.165, 1.54) is 29.5 Å². The van der Waals surface area contributed by atoms with E-state index >= 15 is 0 Å². The molecule has 1 saturated heterocycles. The van der Waals surface area contributed by atoms with Gasteiger partial charge in [0, 0.05) is 26.2 Å².